The number of rotatable bonds is 7. The van der Waals surface area contributed by atoms with E-state index in [1.807, 2.05) is 0 Å². The van der Waals surface area contributed by atoms with Crippen LogP contribution in [0.1, 0.15) is 46.0 Å². The third-order valence-corrected chi connectivity index (χ3v) is 3.59. The van der Waals surface area contributed by atoms with Crippen molar-refractivity contribution in [1.29, 1.82) is 0 Å². The molecule has 0 aromatic rings. The Balaban J connectivity index is 2.09. The highest BCUT2D eigenvalue weighted by Gasteiger charge is 2.13. The molecule has 0 unspecified atom stereocenters. The first kappa shape index (κ1) is 13.0. The second-order valence-corrected chi connectivity index (χ2v) is 4.77. The lowest BCUT2D eigenvalue weighted by Crippen LogP contribution is -2.31. The molecule has 0 radical (unpaired) electrons. The van der Waals surface area contributed by atoms with Crippen molar-refractivity contribution in [2.75, 3.05) is 32.7 Å². The van der Waals surface area contributed by atoms with Crippen LogP contribution in [-0.4, -0.2) is 37.6 Å². The van der Waals surface area contributed by atoms with Crippen molar-refractivity contribution in [2.24, 2.45) is 5.92 Å². The second-order valence-electron chi connectivity index (χ2n) is 4.77. The fraction of sp³-hybridized carbons (Fsp3) is 1.00. The average molecular weight is 212 g/mol. The molecule has 1 aliphatic heterocycles. The van der Waals surface area contributed by atoms with Crippen LogP contribution in [0.25, 0.3) is 0 Å². The Morgan fingerprint density at radius 1 is 1.13 bits per heavy atom. The Morgan fingerprint density at radius 2 is 1.87 bits per heavy atom. The topological polar surface area (TPSA) is 15.3 Å². The average Bonchev–Trinajstić information content (AvgIpc) is 2.31. The Kier molecular flexibility index (Phi) is 7.03. The van der Waals surface area contributed by atoms with Crippen molar-refractivity contribution in [1.82, 2.24) is 10.2 Å². The lowest BCUT2D eigenvalue weighted by atomic mass is 9.94. The van der Waals surface area contributed by atoms with Crippen molar-refractivity contribution in [3.63, 3.8) is 0 Å². The van der Waals surface area contributed by atoms with Crippen molar-refractivity contribution >= 4 is 0 Å². The summed E-state index contributed by atoms with van der Waals surface area (Å²) in [4.78, 5) is 2.62. The van der Waals surface area contributed by atoms with Crippen LogP contribution in [0.4, 0.5) is 0 Å². The van der Waals surface area contributed by atoms with Gasteiger partial charge in [0.25, 0.3) is 0 Å². The monoisotopic (exact) mass is 212 g/mol. The van der Waals surface area contributed by atoms with Gasteiger partial charge in [0.2, 0.25) is 0 Å². The highest BCUT2D eigenvalue weighted by atomic mass is 15.1. The summed E-state index contributed by atoms with van der Waals surface area (Å²) in [5, 5.41) is 3.44. The maximum Gasteiger partial charge on any atom is -0.00162 e. The Hall–Kier alpha value is -0.0800. The molecule has 1 saturated heterocycles. The SMILES string of the molecule is CCCCN(CC)CCC1CCNCC1. The zero-order chi connectivity index (χ0) is 10.9. The summed E-state index contributed by atoms with van der Waals surface area (Å²) in [6.07, 6.45) is 6.89. The summed E-state index contributed by atoms with van der Waals surface area (Å²) >= 11 is 0. The molecule has 0 bridgehead atoms. The summed E-state index contributed by atoms with van der Waals surface area (Å²) in [5.41, 5.74) is 0. The van der Waals surface area contributed by atoms with Gasteiger partial charge < -0.3 is 10.2 Å². The van der Waals surface area contributed by atoms with Crippen LogP contribution in [-0.2, 0) is 0 Å². The predicted octanol–water partition coefficient (Wildman–Crippen LogP) is 2.50. The smallest absolute Gasteiger partial charge is 0.00162 e. The van der Waals surface area contributed by atoms with E-state index in [1.165, 1.54) is 64.8 Å². The summed E-state index contributed by atoms with van der Waals surface area (Å²) < 4.78 is 0. The van der Waals surface area contributed by atoms with Crippen molar-refractivity contribution in [2.45, 2.75) is 46.0 Å². The second kappa shape index (κ2) is 8.12. The van der Waals surface area contributed by atoms with Gasteiger partial charge in [-0.3, -0.25) is 0 Å². The molecule has 1 N–H and O–H groups in total. The fourth-order valence-corrected chi connectivity index (χ4v) is 2.35. The highest BCUT2D eigenvalue weighted by Crippen LogP contribution is 2.16. The number of unbranched alkanes of at least 4 members (excludes halogenated alkanes) is 1. The van der Waals surface area contributed by atoms with Crippen molar-refractivity contribution in [3.8, 4) is 0 Å². The summed E-state index contributed by atoms with van der Waals surface area (Å²) in [6, 6.07) is 0. The highest BCUT2D eigenvalue weighted by molar-refractivity contribution is 4.70. The summed E-state index contributed by atoms with van der Waals surface area (Å²) in [6.45, 7) is 10.9. The molecule has 0 amide bonds. The largest absolute Gasteiger partial charge is 0.317 e. The van der Waals surface area contributed by atoms with Crippen molar-refractivity contribution in [3.05, 3.63) is 0 Å². The first-order chi connectivity index (χ1) is 7.36. The third-order valence-electron chi connectivity index (χ3n) is 3.59. The molecule has 1 aliphatic rings. The first-order valence-corrected chi connectivity index (χ1v) is 6.79. The normalized spacial score (nSPS) is 18.6. The van der Waals surface area contributed by atoms with Gasteiger partial charge in [0.1, 0.15) is 0 Å². The van der Waals surface area contributed by atoms with Gasteiger partial charge in [0.15, 0.2) is 0 Å². The van der Waals surface area contributed by atoms with E-state index >= 15 is 0 Å². The van der Waals surface area contributed by atoms with Gasteiger partial charge in [-0.1, -0.05) is 20.3 Å². The maximum absolute atomic E-state index is 3.44. The lowest BCUT2D eigenvalue weighted by Gasteiger charge is -2.26. The molecule has 0 aromatic carbocycles. The lowest BCUT2D eigenvalue weighted by molar-refractivity contribution is 0.241. The standard InChI is InChI=1S/C13H28N2/c1-3-5-11-15(4-2)12-8-13-6-9-14-10-7-13/h13-14H,3-12H2,1-2H3. The zero-order valence-electron chi connectivity index (χ0n) is 10.6. The molecule has 1 fully saturated rings. The maximum atomic E-state index is 3.44. The number of nitrogens with one attached hydrogen (secondary N) is 1. The van der Waals surface area contributed by atoms with E-state index in [0.717, 1.165) is 5.92 Å². The minimum Gasteiger partial charge on any atom is -0.317 e. The van der Waals surface area contributed by atoms with Crippen LogP contribution < -0.4 is 5.32 Å². The van der Waals surface area contributed by atoms with Crippen LogP contribution in [0.2, 0.25) is 0 Å². The minimum atomic E-state index is 0.988. The summed E-state index contributed by atoms with van der Waals surface area (Å²) in [5.74, 6) is 0.988. The van der Waals surface area contributed by atoms with Crippen LogP contribution in [0.3, 0.4) is 0 Å². The molecule has 1 rings (SSSR count). The Morgan fingerprint density at radius 3 is 2.47 bits per heavy atom. The number of hydrogen-bond acceptors (Lipinski definition) is 2. The van der Waals surface area contributed by atoms with E-state index in [9.17, 15) is 0 Å². The molecule has 0 spiro atoms. The molecular formula is C13H28N2. The van der Waals surface area contributed by atoms with Crippen LogP contribution in [0.15, 0.2) is 0 Å². The molecule has 0 saturated carbocycles. The molecule has 2 heteroatoms. The first-order valence-electron chi connectivity index (χ1n) is 6.79. The molecule has 15 heavy (non-hydrogen) atoms. The van der Waals surface area contributed by atoms with E-state index < -0.39 is 0 Å². The van der Waals surface area contributed by atoms with Crippen LogP contribution >= 0.6 is 0 Å². The summed E-state index contributed by atoms with van der Waals surface area (Å²) in [7, 11) is 0. The molecule has 2 nitrogen and oxygen atoms in total. The van der Waals surface area contributed by atoms with Gasteiger partial charge in [-0.05, 0) is 64.3 Å². The Bertz CT molecular complexity index is 141. The molecule has 0 aromatic heterocycles. The molecule has 0 atom stereocenters. The van der Waals surface area contributed by atoms with Crippen LogP contribution in [0.5, 0.6) is 0 Å². The predicted molar refractivity (Wildman–Crippen MR) is 67.2 cm³/mol. The van der Waals surface area contributed by atoms with Gasteiger partial charge in [0, 0.05) is 0 Å². The van der Waals surface area contributed by atoms with E-state index in [2.05, 4.69) is 24.1 Å². The van der Waals surface area contributed by atoms with E-state index in [4.69, 9.17) is 0 Å². The minimum absolute atomic E-state index is 0.988. The van der Waals surface area contributed by atoms with Gasteiger partial charge in [-0.2, -0.15) is 0 Å². The van der Waals surface area contributed by atoms with Crippen LogP contribution in [0, 0.1) is 5.92 Å². The molecule has 0 aliphatic carbocycles. The van der Waals surface area contributed by atoms with E-state index in [0.29, 0.717) is 0 Å². The van der Waals surface area contributed by atoms with Crippen molar-refractivity contribution < 1.29 is 0 Å². The van der Waals surface area contributed by atoms with Gasteiger partial charge >= 0.3 is 0 Å². The quantitative estimate of drug-likeness (QED) is 0.697. The Labute approximate surface area is 95.4 Å². The molecule has 1 heterocycles. The van der Waals surface area contributed by atoms with Gasteiger partial charge in [0.05, 0.1) is 0 Å². The third kappa shape index (κ3) is 5.53. The number of piperidine rings is 1. The van der Waals surface area contributed by atoms with E-state index in [1.54, 1.807) is 0 Å². The van der Waals surface area contributed by atoms with E-state index in [-0.39, 0.29) is 0 Å². The molecule has 90 valence electrons. The van der Waals surface area contributed by atoms with Gasteiger partial charge in [-0.15, -0.1) is 0 Å². The zero-order valence-corrected chi connectivity index (χ0v) is 10.6. The number of nitrogens with zero attached hydrogens (tertiary/aromatic N) is 1. The number of hydrogen-bond donors (Lipinski definition) is 1. The van der Waals surface area contributed by atoms with Gasteiger partial charge in [-0.25, -0.2) is 0 Å². The fourth-order valence-electron chi connectivity index (χ4n) is 2.35. The molecular weight excluding hydrogens is 184 g/mol.